The number of hydrogen-bond acceptors (Lipinski definition) is 2. The summed E-state index contributed by atoms with van der Waals surface area (Å²) in [6.07, 6.45) is 5.07. The van der Waals surface area contributed by atoms with Crippen molar-refractivity contribution in [3.63, 3.8) is 0 Å². The Morgan fingerprint density at radius 1 is 1.24 bits per heavy atom. The number of piperidine rings is 1. The van der Waals surface area contributed by atoms with Gasteiger partial charge in [-0.2, -0.15) is 0 Å². The summed E-state index contributed by atoms with van der Waals surface area (Å²) in [7, 11) is 0. The van der Waals surface area contributed by atoms with Crippen LogP contribution in [0.4, 0.5) is 0 Å². The Hall–Kier alpha value is -0.570. The van der Waals surface area contributed by atoms with Gasteiger partial charge in [-0.25, -0.2) is 0 Å². The third-order valence-electron chi connectivity index (χ3n) is 4.41. The minimum Gasteiger partial charge on any atom is -0.355 e. The van der Waals surface area contributed by atoms with Crippen LogP contribution in [0.15, 0.2) is 4.99 Å². The summed E-state index contributed by atoms with van der Waals surface area (Å²) in [6, 6.07) is 1.27. The average Bonchev–Trinajstić information content (AvgIpc) is 2.58. The highest BCUT2D eigenvalue weighted by Crippen LogP contribution is 2.42. The van der Waals surface area contributed by atoms with Gasteiger partial charge in [0, 0.05) is 18.5 Å². The van der Waals surface area contributed by atoms with E-state index in [4.69, 9.17) is 5.73 Å². The zero-order valence-electron chi connectivity index (χ0n) is 11.7. The second kappa shape index (κ2) is 4.97. The van der Waals surface area contributed by atoms with E-state index in [1.165, 1.54) is 25.1 Å². The van der Waals surface area contributed by atoms with Crippen LogP contribution in [-0.2, 0) is 0 Å². The highest BCUT2D eigenvalue weighted by Gasteiger charge is 2.42. The molecular weight excluding hydrogens is 210 g/mol. The molecule has 2 aliphatic rings. The fraction of sp³-hybridized carbons (Fsp3) is 0.929. The molecule has 98 valence electrons. The third-order valence-corrected chi connectivity index (χ3v) is 4.41. The molecule has 2 fully saturated rings. The van der Waals surface area contributed by atoms with Crippen molar-refractivity contribution in [2.24, 2.45) is 22.6 Å². The number of aliphatic imine (C=N–C) groups is 1. The molecule has 1 aliphatic heterocycles. The van der Waals surface area contributed by atoms with Crippen molar-refractivity contribution in [1.82, 2.24) is 4.90 Å². The van der Waals surface area contributed by atoms with Crippen LogP contribution in [-0.4, -0.2) is 29.0 Å². The first-order valence-corrected chi connectivity index (χ1v) is 7.11. The van der Waals surface area contributed by atoms with E-state index in [0.717, 1.165) is 24.3 Å². The Labute approximate surface area is 105 Å². The van der Waals surface area contributed by atoms with E-state index in [9.17, 15) is 0 Å². The van der Waals surface area contributed by atoms with Crippen molar-refractivity contribution in [3.05, 3.63) is 0 Å². The lowest BCUT2D eigenvalue weighted by Crippen LogP contribution is -2.51. The van der Waals surface area contributed by atoms with Crippen molar-refractivity contribution >= 4 is 5.84 Å². The standard InChI is InChI=1S/C14H27N3/c1-9(2)17-13-7-5-10(3)12(13)6-8-14(17)16-11(4)15/h9-13H,5-8,15H2,1-4H3/b16-14-. The fourth-order valence-corrected chi connectivity index (χ4v) is 3.73. The van der Waals surface area contributed by atoms with Crippen LogP contribution < -0.4 is 5.73 Å². The molecule has 2 rings (SSSR count). The molecule has 0 bridgehead atoms. The van der Waals surface area contributed by atoms with Gasteiger partial charge in [0.25, 0.3) is 0 Å². The minimum atomic E-state index is -0.0679. The molecule has 0 aromatic heterocycles. The molecule has 1 saturated heterocycles. The van der Waals surface area contributed by atoms with E-state index in [1.54, 1.807) is 0 Å². The van der Waals surface area contributed by atoms with Gasteiger partial charge in [-0.1, -0.05) is 6.92 Å². The molecule has 2 N–H and O–H groups in total. The highest BCUT2D eigenvalue weighted by atomic mass is 15.3. The zero-order valence-corrected chi connectivity index (χ0v) is 11.7. The quantitative estimate of drug-likeness (QED) is 0.802. The van der Waals surface area contributed by atoms with Crippen LogP contribution in [0.1, 0.15) is 53.4 Å². The molecule has 4 atom stereocenters. The summed E-state index contributed by atoms with van der Waals surface area (Å²) in [5.41, 5.74) is 5.84. The van der Waals surface area contributed by atoms with Crippen molar-refractivity contribution in [2.75, 3.05) is 0 Å². The molecule has 1 aliphatic carbocycles. The van der Waals surface area contributed by atoms with Gasteiger partial charge in [0.15, 0.2) is 0 Å². The number of likely N-dealkylation sites (tertiary alicyclic amines) is 1. The number of amidine groups is 1. The van der Waals surface area contributed by atoms with E-state index in [1.807, 2.05) is 6.92 Å². The van der Waals surface area contributed by atoms with Gasteiger partial charge >= 0.3 is 0 Å². The molecule has 0 aromatic rings. The molecular formula is C14H27N3. The topological polar surface area (TPSA) is 41.6 Å². The van der Waals surface area contributed by atoms with Gasteiger partial charge in [0.1, 0.15) is 5.84 Å². The lowest BCUT2D eigenvalue weighted by Gasteiger charge is -2.44. The minimum absolute atomic E-state index is 0.0679. The second-order valence-corrected chi connectivity index (χ2v) is 6.11. The number of nitrogens with zero attached hydrogens (tertiary/aromatic N) is 2. The van der Waals surface area contributed by atoms with E-state index >= 15 is 0 Å². The van der Waals surface area contributed by atoms with Crippen LogP contribution in [0.25, 0.3) is 0 Å². The fourth-order valence-electron chi connectivity index (χ4n) is 3.73. The largest absolute Gasteiger partial charge is 0.355 e. The molecule has 0 aromatic carbocycles. The van der Waals surface area contributed by atoms with Gasteiger partial charge in [-0.05, 0) is 51.9 Å². The summed E-state index contributed by atoms with van der Waals surface area (Å²) in [4.78, 5) is 7.20. The Morgan fingerprint density at radius 3 is 2.53 bits per heavy atom. The maximum Gasteiger partial charge on any atom is 0.101 e. The Bertz CT molecular complexity index is 296. The van der Waals surface area contributed by atoms with Gasteiger partial charge in [-0.15, -0.1) is 0 Å². The highest BCUT2D eigenvalue weighted by molar-refractivity contribution is 5.84. The number of fused-ring (bicyclic) bond motifs is 1. The van der Waals surface area contributed by atoms with Crippen LogP contribution >= 0.6 is 0 Å². The molecule has 0 spiro atoms. The maximum absolute atomic E-state index is 5.84. The zero-order chi connectivity index (χ0) is 12.6. The van der Waals surface area contributed by atoms with Crippen molar-refractivity contribution in [3.8, 4) is 0 Å². The maximum atomic E-state index is 5.84. The number of rotatable bonds is 2. The summed E-state index contributed by atoms with van der Waals surface area (Å²) >= 11 is 0. The van der Waals surface area contributed by atoms with E-state index < -0.39 is 0 Å². The van der Waals surface area contributed by atoms with Gasteiger partial charge < -0.3 is 10.6 Å². The average molecular weight is 237 g/mol. The molecule has 3 nitrogen and oxygen atoms in total. The van der Waals surface area contributed by atoms with E-state index in [0.29, 0.717) is 6.04 Å². The third kappa shape index (κ3) is 2.49. The summed E-state index contributed by atoms with van der Waals surface area (Å²) < 4.78 is 0. The van der Waals surface area contributed by atoms with Crippen molar-refractivity contribution < 1.29 is 0 Å². The lowest BCUT2D eigenvalue weighted by atomic mass is 9.85. The Morgan fingerprint density at radius 2 is 1.94 bits per heavy atom. The molecule has 4 unspecified atom stereocenters. The molecule has 0 radical (unpaired) electrons. The Balaban J connectivity index is 2.22. The number of nitrogens with two attached hydrogens (primary N) is 1. The van der Waals surface area contributed by atoms with Gasteiger partial charge in [0.2, 0.25) is 0 Å². The molecule has 0 amide bonds. The second-order valence-electron chi connectivity index (χ2n) is 6.11. The molecule has 1 saturated carbocycles. The lowest BCUT2D eigenvalue weighted by molar-refractivity contribution is 0.164. The van der Waals surface area contributed by atoms with Gasteiger partial charge in [0.05, 0.1) is 6.17 Å². The van der Waals surface area contributed by atoms with Crippen LogP contribution in [0.3, 0.4) is 0 Å². The monoisotopic (exact) mass is 237 g/mol. The first kappa shape index (κ1) is 12.9. The number of hydrogen-bond donors (Lipinski definition) is 1. The summed E-state index contributed by atoms with van der Waals surface area (Å²) in [6.45, 7) is 8.94. The smallest absolute Gasteiger partial charge is 0.101 e. The predicted octanol–water partition coefficient (Wildman–Crippen LogP) is 2.61. The van der Waals surface area contributed by atoms with E-state index in [2.05, 4.69) is 30.7 Å². The molecule has 1 heterocycles. The van der Waals surface area contributed by atoms with Gasteiger partial charge in [-0.3, -0.25) is 4.99 Å². The SMILES string of the molecule is CC(N)/N=C1/CCC2C(C)CCC2N1C(C)C. The summed E-state index contributed by atoms with van der Waals surface area (Å²) in [5, 5.41) is 0. The van der Waals surface area contributed by atoms with Crippen LogP contribution in [0, 0.1) is 11.8 Å². The predicted molar refractivity (Wildman–Crippen MR) is 73.0 cm³/mol. The van der Waals surface area contributed by atoms with E-state index in [-0.39, 0.29) is 6.17 Å². The molecule has 3 heteroatoms. The first-order valence-electron chi connectivity index (χ1n) is 7.11. The van der Waals surface area contributed by atoms with Crippen molar-refractivity contribution in [2.45, 2.75) is 71.6 Å². The van der Waals surface area contributed by atoms with Crippen LogP contribution in [0.5, 0.6) is 0 Å². The normalized spacial score (nSPS) is 37.6. The first-order chi connectivity index (χ1) is 8.00. The Kier molecular flexibility index (Phi) is 3.76. The summed E-state index contributed by atoms with van der Waals surface area (Å²) in [5.74, 6) is 3.02. The van der Waals surface area contributed by atoms with Crippen LogP contribution in [0.2, 0.25) is 0 Å². The molecule has 17 heavy (non-hydrogen) atoms. The van der Waals surface area contributed by atoms with Crippen molar-refractivity contribution in [1.29, 1.82) is 0 Å².